The van der Waals surface area contributed by atoms with Crippen molar-refractivity contribution in [2.24, 2.45) is 12.8 Å². The van der Waals surface area contributed by atoms with Crippen LogP contribution in [0, 0.1) is 13.8 Å². The molecule has 1 atom stereocenters. The average Bonchev–Trinajstić information content (AvgIpc) is 2.68. The summed E-state index contributed by atoms with van der Waals surface area (Å²) < 4.78 is 7.04. The average molecular weight is 245 g/mol. The number of aromatic nitrogens is 2. The number of ether oxygens (including phenoxy) is 1. The van der Waals surface area contributed by atoms with E-state index in [2.05, 4.69) is 5.10 Å². The van der Waals surface area contributed by atoms with Gasteiger partial charge in [0.15, 0.2) is 0 Å². The molecular weight excluding hydrogens is 226 g/mol. The van der Waals surface area contributed by atoms with E-state index in [0.717, 1.165) is 28.3 Å². The second-order valence-corrected chi connectivity index (χ2v) is 4.53. The molecule has 0 radical (unpaired) electrons. The first-order chi connectivity index (χ1) is 8.52. The highest BCUT2D eigenvalue weighted by Gasteiger charge is 2.15. The molecule has 1 aromatic heterocycles. The van der Waals surface area contributed by atoms with Gasteiger partial charge in [0.1, 0.15) is 5.75 Å². The first-order valence-corrected chi connectivity index (χ1v) is 5.93. The van der Waals surface area contributed by atoms with Crippen molar-refractivity contribution >= 4 is 0 Å². The van der Waals surface area contributed by atoms with Crippen LogP contribution in [-0.4, -0.2) is 16.9 Å². The maximum atomic E-state index is 6.27. The van der Waals surface area contributed by atoms with Gasteiger partial charge in [-0.1, -0.05) is 6.07 Å². The number of methoxy groups -OCH3 is 1. The van der Waals surface area contributed by atoms with Gasteiger partial charge in [-0.2, -0.15) is 5.10 Å². The van der Waals surface area contributed by atoms with Gasteiger partial charge in [-0.05, 0) is 43.2 Å². The maximum absolute atomic E-state index is 6.27. The van der Waals surface area contributed by atoms with E-state index in [4.69, 9.17) is 10.5 Å². The Kier molecular flexibility index (Phi) is 3.39. The van der Waals surface area contributed by atoms with E-state index in [9.17, 15) is 0 Å². The first-order valence-electron chi connectivity index (χ1n) is 5.93. The van der Waals surface area contributed by atoms with E-state index >= 15 is 0 Å². The lowest BCUT2D eigenvalue weighted by Gasteiger charge is -2.13. The van der Waals surface area contributed by atoms with Gasteiger partial charge in [-0.3, -0.25) is 4.68 Å². The zero-order valence-corrected chi connectivity index (χ0v) is 11.3. The maximum Gasteiger partial charge on any atom is 0.119 e. The molecule has 2 aromatic rings. The van der Waals surface area contributed by atoms with Crippen LogP contribution in [0.25, 0.3) is 0 Å². The van der Waals surface area contributed by atoms with Crippen molar-refractivity contribution in [1.29, 1.82) is 0 Å². The minimum absolute atomic E-state index is 0.198. The molecule has 4 nitrogen and oxygen atoms in total. The summed E-state index contributed by atoms with van der Waals surface area (Å²) in [6.07, 6.45) is 0. The van der Waals surface area contributed by atoms with Crippen molar-refractivity contribution in [3.05, 3.63) is 46.8 Å². The molecule has 0 amide bonds. The summed E-state index contributed by atoms with van der Waals surface area (Å²) >= 11 is 0. The smallest absolute Gasteiger partial charge is 0.119 e. The van der Waals surface area contributed by atoms with Crippen LogP contribution in [0.4, 0.5) is 0 Å². The largest absolute Gasteiger partial charge is 0.497 e. The molecule has 0 aliphatic heterocycles. The number of hydrogen-bond donors (Lipinski definition) is 1. The summed E-state index contributed by atoms with van der Waals surface area (Å²) in [5.41, 5.74) is 10.5. The fraction of sp³-hybridized carbons (Fsp3) is 0.357. The third-order valence-corrected chi connectivity index (χ3v) is 3.26. The van der Waals surface area contributed by atoms with Crippen LogP contribution in [0.3, 0.4) is 0 Å². The van der Waals surface area contributed by atoms with Crippen LogP contribution in [0.15, 0.2) is 24.3 Å². The van der Waals surface area contributed by atoms with Gasteiger partial charge >= 0.3 is 0 Å². The molecule has 1 aromatic carbocycles. The molecule has 96 valence electrons. The Hall–Kier alpha value is -1.81. The van der Waals surface area contributed by atoms with Crippen LogP contribution in [0.2, 0.25) is 0 Å². The van der Waals surface area contributed by atoms with Crippen molar-refractivity contribution in [3.8, 4) is 5.75 Å². The highest BCUT2D eigenvalue weighted by atomic mass is 16.5. The second-order valence-electron chi connectivity index (χ2n) is 4.53. The number of rotatable bonds is 3. The standard InChI is InChI=1S/C14H19N3O/c1-9-7-11(18-4)5-6-12(9)14(15)13-8-10(2)17(3)16-13/h5-8,14H,15H2,1-4H3. The quantitative estimate of drug-likeness (QED) is 0.901. The molecule has 2 rings (SSSR count). The van der Waals surface area contributed by atoms with Crippen LogP contribution < -0.4 is 10.5 Å². The number of aryl methyl sites for hydroxylation is 3. The summed E-state index contributed by atoms with van der Waals surface area (Å²) in [5.74, 6) is 0.848. The lowest BCUT2D eigenvalue weighted by Crippen LogP contribution is -2.14. The van der Waals surface area contributed by atoms with Crippen LogP contribution in [-0.2, 0) is 7.05 Å². The summed E-state index contributed by atoms with van der Waals surface area (Å²) in [6, 6.07) is 7.75. The Morgan fingerprint density at radius 2 is 2.00 bits per heavy atom. The molecule has 0 saturated carbocycles. The fourth-order valence-corrected chi connectivity index (χ4v) is 2.02. The Labute approximate surface area is 107 Å². The Bertz CT molecular complexity index is 541. The van der Waals surface area contributed by atoms with E-state index in [1.165, 1.54) is 0 Å². The molecule has 0 fully saturated rings. The summed E-state index contributed by atoms with van der Waals surface area (Å²) in [6.45, 7) is 4.05. The third-order valence-electron chi connectivity index (χ3n) is 3.26. The second kappa shape index (κ2) is 4.82. The van der Waals surface area contributed by atoms with Crippen LogP contribution in [0.1, 0.15) is 28.6 Å². The SMILES string of the molecule is COc1ccc(C(N)c2cc(C)n(C)n2)c(C)c1. The monoisotopic (exact) mass is 245 g/mol. The molecule has 0 saturated heterocycles. The fourth-order valence-electron chi connectivity index (χ4n) is 2.02. The molecule has 2 N–H and O–H groups in total. The highest BCUT2D eigenvalue weighted by Crippen LogP contribution is 2.25. The van der Waals surface area contributed by atoms with Gasteiger partial charge in [0.05, 0.1) is 18.8 Å². The zero-order chi connectivity index (χ0) is 13.3. The lowest BCUT2D eigenvalue weighted by molar-refractivity contribution is 0.414. The lowest BCUT2D eigenvalue weighted by atomic mass is 9.99. The minimum Gasteiger partial charge on any atom is -0.497 e. The third kappa shape index (κ3) is 2.24. The van der Waals surface area contributed by atoms with Gasteiger partial charge < -0.3 is 10.5 Å². The van der Waals surface area contributed by atoms with E-state index in [0.29, 0.717) is 0 Å². The summed E-state index contributed by atoms with van der Waals surface area (Å²) in [4.78, 5) is 0. The molecule has 0 aliphatic rings. The molecule has 0 aliphatic carbocycles. The van der Waals surface area contributed by atoms with E-state index in [1.807, 2.05) is 49.8 Å². The van der Waals surface area contributed by atoms with Crippen molar-refractivity contribution < 1.29 is 4.74 Å². The molecule has 4 heteroatoms. The molecule has 1 unspecified atom stereocenters. The minimum atomic E-state index is -0.198. The van der Waals surface area contributed by atoms with Gasteiger partial charge in [0, 0.05) is 12.7 Å². The van der Waals surface area contributed by atoms with Gasteiger partial charge in [-0.25, -0.2) is 0 Å². The van der Waals surface area contributed by atoms with Crippen molar-refractivity contribution in [1.82, 2.24) is 9.78 Å². The number of hydrogen-bond acceptors (Lipinski definition) is 3. The van der Waals surface area contributed by atoms with Crippen molar-refractivity contribution in [2.45, 2.75) is 19.9 Å². The van der Waals surface area contributed by atoms with E-state index in [1.54, 1.807) is 7.11 Å². The molecule has 18 heavy (non-hydrogen) atoms. The molecule has 0 spiro atoms. The number of nitrogens with two attached hydrogens (primary N) is 1. The van der Waals surface area contributed by atoms with Crippen molar-refractivity contribution in [3.63, 3.8) is 0 Å². The first kappa shape index (κ1) is 12.6. The van der Waals surface area contributed by atoms with E-state index in [-0.39, 0.29) is 6.04 Å². The Morgan fingerprint density at radius 1 is 1.28 bits per heavy atom. The van der Waals surface area contributed by atoms with E-state index < -0.39 is 0 Å². The van der Waals surface area contributed by atoms with Gasteiger partial charge in [-0.15, -0.1) is 0 Å². The van der Waals surface area contributed by atoms with Crippen LogP contribution >= 0.6 is 0 Å². The molecule has 0 bridgehead atoms. The summed E-state index contributed by atoms with van der Waals surface area (Å²) in [5, 5.41) is 4.43. The topological polar surface area (TPSA) is 53.1 Å². The van der Waals surface area contributed by atoms with Gasteiger partial charge in [0.25, 0.3) is 0 Å². The van der Waals surface area contributed by atoms with Crippen molar-refractivity contribution in [2.75, 3.05) is 7.11 Å². The normalized spacial score (nSPS) is 12.5. The van der Waals surface area contributed by atoms with Gasteiger partial charge in [0.2, 0.25) is 0 Å². The predicted molar refractivity (Wildman–Crippen MR) is 71.7 cm³/mol. The predicted octanol–water partition coefficient (Wildman–Crippen LogP) is 2.09. The zero-order valence-electron chi connectivity index (χ0n) is 11.3. The molecule has 1 heterocycles. The Balaban J connectivity index is 2.36. The van der Waals surface area contributed by atoms with Crippen LogP contribution in [0.5, 0.6) is 5.75 Å². The highest BCUT2D eigenvalue weighted by molar-refractivity contribution is 5.39. The Morgan fingerprint density at radius 3 is 2.50 bits per heavy atom. The summed E-state index contributed by atoms with van der Waals surface area (Å²) in [7, 11) is 3.59. The molecular formula is C14H19N3O. The number of nitrogens with zero attached hydrogens (tertiary/aromatic N) is 2. The number of benzene rings is 1.